The highest BCUT2D eigenvalue weighted by Crippen LogP contribution is 2.47. The zero-order chi connectivity index (χ0) is 20.1. The molecule has 30 heavy (non-hydrogen) atoms. The molecule has 2 N–H and O–H groups in total. The zero-order valence-corrected chi connectivity index (χ0v) is 20.4. The van der Waals surface area contributed by atoms with Crippen molar-refractivity contribution in [2.45, 2.75) is 24.3 Å². The number of thiophene rings is 1. The highest BCUT2D eigenvalue weighted by molar-refractivity contribution is 14.0. The van der Waals surface area contributed by atoms with Crippen molar-refractivity contribution in [3.63, 3.8) is 0 Å². The van der Waals surface area contributed by atoms with Crippen LogP contribution in [0.15, 0.2) is 46.8 Å². The molecule has 1 aromatic heterocycles. The molecular formula is C22H30FIN4OS. The van der Waals surface area contributed by atoms with Crippen LogP contribution in [0, 0.1) is 5.82 Å². The molecule has 164 valence electrons. The number of aliphatic imine (C=N–C) groups is 1. The van der Waals surface area contributed by atoms with Crippen LogP contribution >= 0.6 is 35.3 Å². The van der Waals surface area contributed by atoms with E-state index >= 15 is 0 Å². The van der Waals surface area contributed by atoms with Crippen LogP contribution in [0.4, 0.5) is 4.39 Å². The van der Waals surface area contributed by atoms with Crippen molar-refractivity contribution in [1.82, 2.24) is 15.5 Å². The van der Waals surface area contributed by atoms with E-state index in [1.165, 1.54) is 10.4 Å². The van der Waals surface area contributed by atoms with Crippen LogP contribution < -0.4 is 10.6 Å². The van der Waals surface area contributed by atoms with Crippen molar-refractivity contribution in [2.24, 2.45) is 4.99 Å². The van der Waals surface area contributed by atoms with Crippen LogP contribution in [0.3, 0.4) is 0 Å². The van der Waals surface area contributed by atoms with Gasteiger partial charge in [-0.2, -0.15) is 0 Å². The number of halogens is 2. The number of nitrogens with one attached hydrogen (secondary N) is 2. The Balaban J connectivity index is 0.00000256. The van der Waals surface area contributed by atoms with Crippen molar-refractivity contribution in [3.05, 3.63) is 58.0 Å². The largest absolute Gasteiger partial charge is 0.379 e. The number of guanidine groups is 1. The normalized spacial score (nSPS) is 19.6. The second-order valence-electron chi connectivity index (χ2n) is 7.77. The smallest absolute Gasteiger partial charge is 0.191 e. The second-order valence-corrected chi connectivity index (χ2v) is 8.75. The molecule has 1 saturated carbocycles. The molecule has 1 saturated heterocycles. The van der Waals surface area contributed by atoms with E-state index in [4.69, 9.17) is 4.74 Å². The van der Waals surface area contributed by atoms with Crippen LogP contribution in [-0.2, 0) is 10.2 Å². The van der Waals surface area contributed by atoms with Gasteiger partial charge in [-0.1, -0.05) is 18.2 Å². The third kappa shape index (κ3) is 5.72. The molecule has 1 aliphatic carbocycles. The third-order valence-electron chi connectivity index (χ3n) is 5.95. The minimum absolute atomic E-state index is 0. The van der Waals surface area contributed by atoms with E-state index in [2.05, 4.69) is 38.0 Å². The van der Waals surface area contributed by atoms with E-state index in [9.17, 15) is 4.39 Å². The molecule has 5 nitrogen and oxygen atoms in total. The molecule has 2 aromatic rings. The van der Waals surface area contributed by atoms with E-state index in [0.29, 0.717) is 6.04 Å². The number of rotatable bonds is 7. The predicted molar refractivity (Wildman–Crippen MR) is 132 cm³/mol. The van der Waals surface area contributed by atoms with Crippen LogP contribution in [0.5, 0.6) is 0 Å². The lowest BCUT2D eigenvalue weighted by Crippen LogP contribution is -2.47. The van der Waals surface area contributed by atoms with Gasteiger partial charge < -0.3 is 15.4 Å². The number of nitrogens with zero attached hydrogens (tertiary/aromatic N) is 2. The SMILES string of the molecule is CN=C(NCC(c1cccs1)N1CCOCC1)NCC1(c2ccc(F)cc2)CC1.I. The van der Waals surface area contributed by atoms with Gasteiger partial charge in [0.25, 0.3) is 0 Å². The van der Waals surface area contributed by atoms with Gasteiger partial charge in [0.15, 0.2) is 5.96 Å². The lowest BCUT2D eigenvalue weighted by Gasteiger charge is -2.34. The van der Waals surface area contributed by atoms with E-state index < -0.39 is 0 Å². The minimum atomic E-state index is -0.183. The maximum atomic E-state index is 13.3. The fourth-order valence-corrected chi connectivity index (χ4v) is 4.83. The van der Waals surface area contributed by atoms with Gasteiger partial charge >= 0.3 is 0 Å². The van der Waals surface area contributed by atoms with Gasteiger partial charge in [0, 0.05) is 43.5 Å². The Morgan fingerprint density at radius 2 is 1.93 bits per heavy atom. The van der Waals surface area contributed by atoms with E-state index in [-0.39, 0.29) is 35.2 Å². The standard InChI is InChI=1S/C22H29FN4OS.HI/c1-24-21(26-16-22(8-9-22)17-4-6-18(23)7-5-17)25-15-19(20-3-2-14-29-20)27-10-12-28-13-11-27;/h2-7,14,19H,8-13,15-16H2,1H3,(H2,24,25,26);1H. The van der Waals surface area contributed by atoms with E-state index in [1.54, 1.807) is 23.5 Å². The van der Waals surface area contributed by atoms with Crippen LogP contribution in [-0.4, -0.2) is 57.3 Å². The lowest BCUT2D eigenvalue weighted by atomic mass is 9.96. The van der Waals surface area contributed by atoms with Crippen LogP contribution in [0.2, 0.25) is 0 Å². The first kappa shape index (κ1) is 23.4. The van der Waals surface area contributed by atoms with Crippen molar-refractivity contribution >= 4 is 41.3 Å². The molecule has 2 fully saturated rings. The Labute approximate surface area is 199 Å². The summed E-state index contributed by atoms with van der Waals surface area (Å²) in [4.78, 5) is 8.26. The fraction of sp³-hybridized carbons (Fsp3) is 0.500. The summed E-state index contributed by atoms with van der Waals surface area (Å²) in [7, 11) is 1.81. The summed E-state index contributed by atoms with van der Waals surface area (Å²) in [5, 5.41) is 9.15. The Morgan fingerprint density at radius 1 is 1.20 bits per heavy atom. The first-order valence-electron chi connectivity index (χ1n) is 10.3. The van der Waals surface area contributed by atoms with Crippen molar-refractivity contribution in [2.75, 3.05) is 46.4 Å². The zero-order valence-electron chi connectivity index (χ0n) is 17.3. The number of ether oxygens (including phenoxy) is 1. The second kappa shape index (κ2) is 10.9. The lowest BCUT2D eigenvalue weighted by molar-refractivity contribution is 0.0177. The average Bonchev–Trinajstić information content (AvgIpc) is 3.35. The van der Waals surface area contributed by atoms with E-state index in [1.807, 2.05) is 19.2 Å². The molecular weight excluding hydrogens is 514 g/mol. The van der Waals surface area contributed by atoms with E-state index in [0.717, 1.165) is 58.2 Å². The monoisotopic (exact) mass is 544 g/mol. The Hall–Kier alpha value is -1.23. The highest BCUT2D eigenvalue weighted by Gasteiger charge is 2.44. The molecule has 1 aromatic carbocycles. The quantitative estimate of drug-likeness (QED) is 0.317. The molecule has 8 heteroatoms. The van der Waals surface area contributed by atoms with Crippen molar-refractivity contribution in [1.29, 1.82) is 0 Å². The molecule has 0 radical (unpaired) electrons. The molecule has 1 aliphatic heterocycles. The molecule has 1 unspecified atom stereocenters. The summed E-state index contributed by atoms with van der Waals surface area (Å²) in [6.45, 7) is 5.07. The Morgan fingerprint density at radius 3 is 2.53 bits per heavy atom. The maximum absolute atomic E-state index is 13.3. The Bertz CT molecular complexity index is 805. The number of hydrogen-bond donors (Lipinski definition) is 2. The molecule has 0 amide bonds. The third-order valence-corrected chi connectivity index (χ3v) is 6.92. The first-order chi connectivity index (χ1) is 14.2. The molecule has 0 bridgehead atoms. The van der Waals surface area contributed by atoms with Gasteiger partial charge in [0.1, 0.15) is 5.82 Å². The summed E-state index contributed by atoms with van der Waals surface area (Å²) in [5.74, 6) is 0.630. The topological polar surface area (TPSA) is 48.9 Å². The van der Waals surface area contributed by atoms with Crippen LogP contribution in [0.1, 0.15) is 29.3 Å². The molecule has 4 rings (SSSR count). The molecule has 2 heterocycles. The summed E-state index contributed by atoms with van der Waals surface area (Å²) < 4.78 is 18.8. The Kier molecular flexibility index (Phi) is 8.50. The van der Waals surface area contributed by atoms with Gasteiger partial charge in [0.2, 0.25) is 0 Å². The van der Waals surface area contributed by atoms with Gasteiger partial charge in [-0.15, -0.1) is 35.3 Å². The van der Waals surface area contributed by atoms with Gasteiger partial charge in [-0.25, -0.2) is 4.39 Å². The fourth-order valence-electron chi connectivity index (χ4n) is 3.97. The van der Waals surface area contributed by atoms with Gasteiger partial charge in [0.05, 0.1) is 19.3 Å². The van der Waals surface area contributed by atoms with Gasteiger partial charge in [-0.05, 0) is 42.0 Å². The maximum Gasteiger partial charge on any atom is 0.191 e. The molecule has 2 aliphatic rings. The van der Waals surface area contributed by atoms with Gasteiger partial charge in [-0.3, -0.25) is 9.89 Å². The van der Waals surface area contributed by atoms with Crippen molar-refractivity contribution < 1.29 is 9.13 Å². The summed E-state index contributed by atoms with van der Waals surface area (Å²) in [6, 6.07) is 11.5. The minimum Gasteiger partial charge on any atom is -0.379 e. The summed E-state index contributed by atoms with van der Waals surface area (Å²) >= 11 is 1.80. The number of benzene rings is 1. The number of hydrogen-bond acceptors (Lipinski definition) is 4. The average molecular weight is 544 g/mol. The molecule has 0 spiro atoms. The van der Waals surface area contributed by atoms with Crippen molar-refractivity contribution in [3.8, 4) is 0 Å². The number of morpholine rings is 1. The highest BCUT2D eigenvalue weighted by atomic mass is 127. The van der Waals surface area contributed by atoms with Crippen LogP contribution in [0.25, 0.3) is 0 Å². The summed E-state index contributed by atoms with van der Waals surface area (Å²) in [5.41, 5.74) is 1.30. The predicted octanol–water partition coefficient (Wildman–Crippen LogP) is 3.78. The first-order valence-corrected chi connectivity index (χ1v) is 11.1. The summed E-state index contributed by atoms with van der Waals surface area (Å²) in [6.07, 6.45) is 2.24. The molecule has 1 atom stereocenters.